The van der Waals surface area contributed by atoms with Gasteiger partial charge in [0.15, 0.2) is 5.96 Å². The topological polar surface area (TPSA) is 664 Å². The standard InChI is InChI=1S/C67H113N19O20S/c1-11-35(8)53(65(104)81-45(30-49(91)92)61(100)85-52(34(6)7)66(105)106)86-59(98)43(25-28-107-10)78-56(95)40(15-12-13-26-68)76-57(96)42(22-24-48(71)90)79-63(102)50(32(2)3)84-64(103)51(33(4)5)83-58(97)41(16-14-27-74-67(72)73)77-62(101)46(31-87)82-54(93)36(9)75-60(99)44(29-37-17-19-38(88)20-18-37)80-55(94)39(69)21-23-47(70)89/h17-20,32-36,39-46,50-53,87-88H,11-16,21-31,68-69H2,1-10H3,(H2,70,89)(H2,71,90)(H,75,99)(H,76,96)(H,77,101)(H,78,95)(H,79,102)(H,80,94)(H,81,104)(H,82,93)(H,83,97)(H,84,103)(H,85,100)(H,86,98)(H,91,92)(H,105,106)(H4,72,73,74)/t35-,36-,39-,40-,41-,42-,43-,44-,45-,46-,50-,51-,52-,53-/m0/s1. The molecule has 107 heavy (non-hydrogen) atoms. The lowest BCUT2D eigenvalue weighted by molar-refractivity contribution is -0.144. The van der Waals surface area contributed by atoms with E-state index in [0.717, 1.165) is 0 Å². The summed E-state index contributed by atoms with van der Waals surface area (Å²) in [6, 6.07) is -14.1. The number of aromatic hydroxyl groups is 1. The van der Waals surface area contributed by atoms with Crippen LogP contribution in [0.5, 0.6) is 5.75 Å². The van der Waals surface area contributed by atoms with E-state index in [0.29, 0.717) is 12.0 Å². The van der Waals surface area contributed by atoms with Crippen LogP contribution in [0.15, 0.2) is 24.3 Å². The summed E-state index contributed by atoms with van der Waals surface area (Å²) in [4.78, 5) is 215. The Bertz CT molecular complexity index is 3200. The normalized spacial score (nSPS) is 15.1. The number of benzene rings is 1. The Labute approximate surface area is 625 Å². The molecule has 40 heteroatoms. The van der Waals surface area contributed by atoms with Crippen molar-refractivity contribution in [3.63, 3.8) is 0 Å². The summed E-state index contributed by atoms with van der Waals surface area (Å²) in [5.74, 6) is -19.5. The van der Waals surface area contributed by atoms with Gasteiger partial charge in [0.05, 0.1) is 19.1 Å². The maximum absolute atomic E-state index is 14.5. The van der Waals surface area contributed by atoms with E-state index in [9.17, 15) is 97.1 Å². The molecule has 602 valence electrons. The van der Waals surface area contributed by atoms with E-state index in [1.807, 2.05) is 0 Å². The lowest BCUT2D eigenvalue weighted by atomic mass is 9.97. The number of carboxylic acid groups (broad SMARTS) is 2. The molecular weight excluding hydrogens is 1420 g/mol. The number of aliphatic hydroxyl groups excluding tert-OH is 1. The minimum atomic E-state index is -1.79. The Kier molecular flexibility index (Phi) is 43.5. The van der Waals surface area contributed by atoms with E-state index in [4.69, 9.17) is 34.1 Å². The number of phenolic OH excluding ortho intramolecular Hbond substituents is 1. The quantitative estimate of drug-likeness (QED) is 0.0164. The van der Waals surface area contributed by atoms with E-state index < -0.39 is 229 Å². The number of thioether (sulfide) groups is 1. The Morgan fingerprint density at radius 1 is 0.467 bits per heavy atom. The highest BCUT2D eigenvalue weighted by Crippen LogP contribution is 2.16. The van der Waals surface area contributed by atoms with Gasteiger partial charge in [0.1, 0.15) is 78.3 Å². The molecule has 0 aliphatic carbocycles. The number of carbonyl (C=O) groups excluding carboxylic acids is 14. The van der Waals surface area contributed by atoms with E-state index in [2.05, 4.69) is 69.1 Å². The van der Waals surface area contributed by atoms with Crippen LogP contribution in [-0.4, -0.2) is 231 Å². The molecule has 0 aliphatic rings. The number of hydrogen-bond acceptors (Lipinski definition) is 22. The number of carboxylic acids is 2. The van der Waals surface area contributed by atoms with Crippen molar-refractivity contribution in [3.05, 3.63) is 29.8 Å². The number of aliphatic carboxylic acids is 2. The molecule has 0 radical (unpaired) electrons. The first kappa shape index (κ1) is 95.1. The number of unbranched alkanes of at least 4 members (excludes halogenated alkanes) is 1. The van der Waals surface area contributed by atoms with Crippen LogP contribution in [0.25, 0.3) is 0 Å². The highest BCUT2D eigenvalue weighted by molar-refractivity contribution is 7.98. The molecule has 0 saturated carbocycles. The largest absolute Gasteiger partial charge is 0.508 e. The third-order valence-corrected chi connectivity index (χ3v) is 17.5. The highest BCUT2D eigenvalue weighted by Gasteiger charge is 2.39. The van der Waals surface area contributed by atoms with E-state index in [1.165, 1.54) is 84.5 Å². The summed E-state index contributed by atoms with van der Waals surface area (Å²) >= 11 is 1.29. The van der Waals surface area contributed by atoms with Crippen molar-refractivity contribution in [3.8, 4) is 5.75 Å². The van der Waals surface area contributed by atoms with Gasteiger partial charge in [-0.3, -0.25) is 77.3 Å². The molecule has 0 bridgehead atoms. The first-order chi connectivity index (χ1) is 50.1. The average Bonchev–Trinajstić information content (AvgIpc) is 0.860. The second-order valence-electron chi connectivity index (χ2n) is 26.9. The fourth-order valence-corrected chi connectivity index (χ4v) is 10.8. The van der Waals surface area contributed by atoms with Gasteiger partial charge in [-0.1, -0.05) is 73.9 Å². The van der Waals surface area contributed by atoms with Crippen LogP contribution in [0.4, 0.5) is 0 Å². The lowest BCUT2D eigenvalue weighted by Crippen LogP contribution is -2.62. The summed E-state index contributed by atoms with van der Waals surface area (Å²) in [6.07, 6.45) is -0.312. The predicted molar refractivity (Wildman–Crippen MR) is 391 cm³/mol. The van der Waals surface area contributed by atoms with E-state index in [1.54, 1.807) is 20.1 Å². The van der Waals surface area contributed by atoms with Crippen molar-refractivity contribution in [2.24, 2.45) is 52.3 Å². The van der Waals surface area contributed by atoms with Crippen molar-refractivity contribution < 1.29 is 97.1 Å². The van der Waals surface area contributed by atoms with Crippen molar-refractivity contribution in [1.29, 1.82) is 5.41 Å². The molecule has 1 aromatic carbocycles. The third-order valence-electron chi connectivity index (χ3n) is 16.9. The minimum Gasteiger partial charge on any atom is -0.508 e. The Hall–Kier alpha value is -9.96. The number of carbonyl (C=O) groups is 16. The molecule has 0 saturated heterocycles. The van der Waals surface area contributed by atoms with Gasteiger partial charge in [-0.05, 0) is 118 Å². The van der Waals surface area contributed by atoms with Crippen molar-refractivity contribution >= 4 is 112 Å². The summed E-state index contributed by atoms with van der Waals surface area (Å²) in [5, 5.41) is 79.4. The van der Waals surface area contributed by atoms with Gasteiger partial charge >= 0.3 is 11.9 Å². The minimum absolute atomic E-state index is 0.00753. The molecule has 0 aromatic heterocycles. The number of guanidine groups is 1. The smallest absolute Gasteiger partial charge is 0.326 e. The number of amides is 14. The zero-order chi connectivity index (χ0) is 81.5. The van der Waals surface area contributed by atoms with Crippen LogP contribution in [0.1, 0.15) is 145 Å². The Morgan fingerprint density at radius 2 is 0.869 bits per heavy atom. The lowest BCUT2D eigenvalue weighted by Gasteiger charge is -2.30. The molecule has 0 aliphatic heterocycles. The zero-order valence-electron chi connectivity index (χ0n) is 62.3. The highest BCUT2D eigenvalue weighted by atomic mass is 32.2. The number of aliphatic hydroxyl groups is 1. The first-order valence-corrected chi connectivity index (χ1v) is 36.6. The molecule has 14 amide bonds. The molecule has 0 spiro atoms. The molecule has 39 nitrogen and oxygen atoms in total. The summed E-state index contributed by atoms with van der Waals surface area (Å²) in [6.45, 7) is 12.7. The molecule has 0 fully saturated rings. The van der Waals surface area contributed by atoms with Crippen molar-refractivity contribution in [1.82, 2.24) is 69.1 Å². The van der Waals surface area contributed by atoms with Crippen molar-refractivity contribution in [2.75, 3.05) is 31.7 Å². The van der Waals surface area contributed by atoms with Crippen LogP contribution in [0.2, 0.25) is 0 Å². The second-order valence-corrected chi connectivity index (χ2v) is 27.9. The van der Waals surface area contributed by atoms with Crippen LogP contribution in [0, 0.1) is 29.1 Å². The molecular formula is C67H113N19O20S. The Morgan fingerprint density at radius 3 is 1.35 bits per heavy atom. The van der Waals surface area contributed by atoms with Crippen molar-refractivity contribution in [2.45, 2.75) is 224 Å². The van der Waals surface area contributed by atoms with Gasteiger partial charge < -0.3 is 118 Å². The van der Waals surface area contributed by atoms with Gasteiger partial charge in [0.25, 0.3) is 0 Å². The number of hydrogen-bond donors (Lipinski definition) is 23. The molecule has 14 atom stereocenters. The number of rotatable bonds is 52. The average molecular weight is 1540 g/mol. The maximum atomic E-state index is 14.5. The van der Waals surface area contributed by atoms with Crippen LogP contribution in [-0.2, 0) is 83.1 Å². The fourth-order valence-electron chi connectivity index (χ4n) is 10.3. The number of nitrogens with one attached hydrogen (secondary N) is 14. The number of nitrogens with two attached hydrogens (primary N) is 5. The summed E-state index contributed by atoms with van der Waals surface area (Å²) < 4.78 is 0. The summed E-state index contributed by atoms with van der Waals surface area (Å²) in [7, 11) is 0. The molecule has 0 heterocycles. The molecule has 1 aromatic rings. The summed E-state index contributed by atoms with van der Waals surface area (Å²) in [5.41, 5.74) is 28.4. The van der Waals surface area contributed by atoms with Gasteiger partial charge in [0, 0.05) is 25.8 Å². The monoisotopic (exact) mass is 1540 g/mol. The molecule has 28 N–H and O–H groups in total. The maximum Gasteiger partial charge on any atom is 0.326 e. The second kappa shape index (κ2) is 49.0. The third kappa shape index (κ3) is 35.8. The predicted octanol–water partition coefficient (Wildman–Crippen LogP) is -5.66. The number of primary amides is 2. The number of phenols is 1. The molecule has 1 rings (SSSR count). The van der Waals surface area contributed by atoms with Gasteiger partial charge in [-0.25, -0.2) is 4.79 Å². The van der Waals surface area contributed by atoms with Crippen LogP contribution >= 0.6 is 11.8 Å². The fraction of sp³-hybridized carbons (Fsp3) is 0.657. The van der Waals surface area contributed by atoms with Gasteiger partial charge in [-0.15, -0.1) is 0 Å². The van der Waals surface area contributed by atoms with Gasteiger partial charge in [0.2, 0.25) is 82.7 Å². The van der Waals surface area contributed by atoms with E-state index in [-0.39, 0.29) is 82.4 Å². The molecule has 0 unspecified atom stereocenters. The van der Waals surface area contributed by atoms with E-state index >= 15 is 0 Å². The van der Waals surface area contributed by atoms with Gasteiger partial charge in [-0.2, -0.15) is 11.8 Å². The first-order valence-electron chi connectivity index (χ1n) is 35.2. The van der Waals surface area contributed by atoms with Crippen LogP contribution in [0.3, 0.4) is 0 Å². The Balaban J connectivity index is 3.58. The SMILES string of the molecule is CC[C@H](C)[C@H](NC(=O)[C@H](CCSC)NC(=O)[C@H](CCCCN)NC(=O)[C@H](CCC(N)=O)NC(=O)[C@@H](NC(=O)[C@@H](NC(=O)[C@H](CCCNC(=N)N)NC(=O)[C@H](CO)NC(=O)[C@H](C)NC(=O)[C@H](Cc1ccc(O)cc1)NC(=O)[C@@H](N)CCC(N)=O)C(C)C)C(C)C)C(=O)N[C@@H](CC(=O)O)C(=O)N[C@H](C(=O)O)C(C)C. The zero-order valence-corrected chi connectivity index (χ0v) is 63.1. The van der Waals surface area contributed by atoms with Crippen LogP contribution < -0.4 is 97.8 Å².